The number of nitrogen functional groups attached to an aromatic ring is 1. The van der Waals surface area contributed by atoms with Crippen molar-refractivity contribution in [3.8, 4) is 5.75 Å². The van der Waals surface area contributed by atoms with E-state index in [9.17, 15) is 4.79 Å². The second kappa shape index (κ2) is 6.83. The van der Waals surface area contributed by atoms with Crippen LogP contribution in [0.15, 0.2) is 28.6 Å². The Morgan fingerprint density at radius 3 is 3.00 bits per heavy atom. The summed E-state index contributed by atoms with van der Waals surface area (Å²) >= 11 is 8.73. The SMILES string of the molecule is COc1ccc(NC(=O)CSc2cnc(N)s2)cc1Cl. The lowest BCUT2D eigenvalue weighted by Crippen LogP contribution is -2.13. The molecule has 0 aliphatic carbocycles. The summed E-state index contributed by atoms with van der Waals surface area (Å²) in [6, 6.07) is 5.08. The molecule has 2 rings (SSSR count). The quantitative estimate of drug-likeness (QED) is 0.824. The van der Waals surface area contributed by atoms with Crippen LogP contribution in [0.5, 0.6) is 5.75 Å². The molecule has 0 saturated heterocycles. The molecular weight excluding hydrogens is 318 g/mol. The van der Waals surface area contributed by atoms with Crippen LogP contribution in [-0.4, -0.2) is 23.8 Å². The highest BCUT2D eigenvalue weighted by atomic mass is 35.5. The fourth-order valence-electron chi connectivity index (χ4n) is 1.42. The van der Waals surface area contributed by atoms with Crippen molar-refractivity contribution >= 4 is 51.4 Å². The van der Waals surface area contributed by atoms with E-state index in [1.54, 1.807) is 24.4 Å². The Labute approximate surface area is 129 Å². The molecule has 0 aliphatic rings. The molecule has 3 N–H and O–H groups in total. The molecule has 8 heteroatoms. The molecule has 1 aromatic carbocycles. The van der Waals surface area contributed by atoms with Crippen molar-refractivity contribution in [2.24, 2.45) is 0 Å². The van der Waals surface area contributed by atoms with E-state index in [-0.39, 0.29) is 11.7 Å². The van der Waals surface area contributed by atoms with Crippen LogP contribution in [0.3, 0.4) is 0 Å². The number of methoxy groups -OCH3 is 1. The number of rotatable bonds is 5. The number of nitrogens with one attached hydrogen (secondary N) is 1. The van der Waals surface area contributed by atoms with Gasteiger partial charge in [-0.15, -0.1) is 11.8 Å². The number of carbonyl (C=O) groups is 1. The molecule has 106 valence electrons. The van der Waals surface area contributed by atoms with Crippen LogP contribution >= 0.6 is 34.7 Å². The largest absolute Gasteiger partial charge is 0.495 e. The molecule has 0 bridgehead atoms. The Morgan fingerprint density at radius 1 is 1.60 bits per heavy atom. The van der Waals surface area contributed by atoms with Gasteiger partial charge >= 0.3 is 0 Å². The Kier molecular flexibility index (Phi) is 5.11. The van der Waals surface area contributed by atoms with Gasteiger partial charge in [0.1, 0.15) is 5.75 Å². The lowest BCUT2D eigenvalue weighted by molar-refractivity contribution is -0.113. The van der Waals surface area contributed by atoms with Crippen LogP contribution in [0.4, 0.5) is 10.8 Å². The van der Waals surface area contributed by atoms with E-state index in [0.29, 0.717) is 21.6 Å². The zero-order chi connectivity index (χ0) is 14.5. The molecule has 0 aliphatic heterocycles. The first-order valence-electron chi connectivity index (χ1n) is 5.56. The van der Waals surface area contributed by atoms with Crippen molar-refractivity contribution in [3.05, 3.63) is 29.4 Å². The van der Waals surface area contributed by atoms with Crippen LogP contribution in [0.2, 0.25) is 5.02 Å². The van der Waals surface area contributed by atoms with Gasteiger partial charge in [0, 0.05) is 5.69 Å². The lowest BCUT2D eigenvalue weighted by Gasteiger charge is -2.07. The highest BCUT2D eigenvalue weighted by molar-refractivity contribution is 8.01. The third-order valence-corrected chi connectivity index (χ3v) is 4.60. The number of nitrogens with two attached hydrogens (primary N) is 1. The number of benzene rings is 1. The summed E-state index contributed by atoms with van der Waals surface area (Å²) in [5.41, 5.74) is 6.15. The van der Waals surface area contributed by atoms with E-state index in [1.165, 1.54) is 30.2 Å². The fraction of sp³-hybridized carbons (Fsp3) is 0.167. The first kappa shape index (κ1) is 15.0. The van der Waals surface area contributed by atoms with Crippen LogP contribution < -0.4 is 15.8 Å². The molecular formula is C12H12ClN3O2S2. The summed E-state index contributed by atoms with van der Waals surface area (Å²) in [5, 5.41) is 3.71. The summed E-state index contributed by atoms with van der Waals surface area (Å²) in [6.45, 7) is 0. The summed E-state index contributed by atoms with van der Waals surface area (Å²) in [6.07, 6.45) is 1.65. The predicted octanol–water partition coefficient (Wildman–Crippen LogP) is 3.12. The number of carbonyl (C=O) groups excluding carboxylic acids is 1. The minimum absolute atomic E-state index is 0.122. The van der Waals surface area contributed by atoms with Gasteiger partial charge in [0.15, 0.2) is 5.13 Å². The zero-order valence-electron chi connectivity index (χ0n) is 10.6. The molecule has 5 nitrogen and oxygen atoms in total. The molecule has 1 amide bonds. The van der Waals surface area contributed by atoms with Gasteiger partial charge in [-0.05, 0) is 18.2 Å². The average Bonchev–Trinajstić information content (AvgIpc) is 2.82. The summed E-state index contributed by atoms with van der Waals surface area (Å²) in [5.74, 6) is 0.730. The van der Waals surface area contributed by atoms with Crippen molar-refractivity contribution in [3.63, 3.8) is 0 Å². The van der Waals surface area contributed by atoms with Crippen molar-refractivity contribution in [2.75, 3.05) is 23.9 Å². The van der Waals surface area contributed by atoms with Gasteiger partial charge in [-0.2, -0.15) is 0 Å². The van der Waals surface area contributed by atoms with Crippen LogP contribution in [0.1, 0.15) is 0 Å². The minimum Gasteiger partial charge on any atom is -0.495 e. The number of aromatic nitrogens is 1. The van der Waals surface area contributed by atoms with Crippen molar-refractivity contribution in [1.82, 2.24) is 4.98 Å². The van der Waals surface area contributed by atoms with E-state index in [4.69, 9.17) is 22.1 Å². The van der Waals surface area contributed by atoms with Crippen molar-refractivity contribution in [1.29, 1.82) is 0 Å². The molecule has 0 radical (unpaired) electrons. The van der Waals surface area contributed by atoms with Gasteiger partial charge in [-0.1, -0.05) is 22.9 Å². The number of amides is 1. The van der Waals surface area contributed by atoms with E-state index in [1.807, 2.05) is 0 Å². The first-order chi connectivity index (χ1) is 9.58. The monoisotopic (exact) mass is 329 g/mol. The van der Waals surface area contributed by atoms with Gasteiger partial charge in [0.2, 0.25) is 5.91 Å². The number of thioether (sulfide) groups is 1. The van der Waals surface area contributed by atoms with Gasteiger partial charge in [0.05, 0.1) is 28.3 Å². The topological polar surface area (TPSA) is 77.2 Å². The maximum absolute atomic E-state index is 11.8. The average molecular weight is 330 g/mol. The molecule has 20 heavy (non-hydrogen) atoms. The minimum atomic E-state index is -0.122. The Balaban J connectivity index is 1.89. The fourth-order valence-corrected chi connectivity index (χ4v) is 3.23. The normalized spacial score (nSPS) is 10.3. The molecule has 2 aromatic rings. The summed E-state index contributed by atoms with van der Waals surface area (Å²) in [7, 11) is 1.54. The van der Waals surface area contributed by atoms with Gasteiger partial charge in [0.25, 0.3) is 0 Å². The van der Waals surface area contributed by atoms with Crippen LogP contribution in [-0.2, 0) is 4.79 Å². The Bertz CT molecular complexity index is 618. The maximum Gasteiger partial charge on any atom is 0.234 e. The van der Waals surface area contributed by atoms with E-state index >= 15 is 0 Å². The number of halogens is 1. The van der Waals surface area contributed by atoms with E-state index in [2.05, 4.69) is 10.3 Å². The zero-order valence-corrected chi connectivity index (χ0v) is 12.9. The number of thiazole rings is 1. The second-order valence-electron chi connectivity index (χ2n) is 3.70. The molecule has 0 spiro atoms. The Morgan fingerprint density at radius 2 is 2.40 bits per heavy atom. The van der Waals surface area contributed by atoms with Crippen LogP contribution in [0, 0.1) is 0 Å². The lowest BCUT2D eigenvalue weighted by atomic mass is 10.3. The Hall–Kier alpha value is -1.44. The van der Waals surface area contributed by atoms with Gasteiger partial charge < -0.3 is 15.8 Å². The molecule has 0 fully saturated rings. The third-order valence-electron chi connectivity index (χ3n) is 2.28. The predicted molar refractivity (Wildman–Crippen MR) is 83.9 cm³/mol. The van der Waals surface area contributed by atoms with Gasteiger partial charge in [-0.3, -0.25) is 4.79 Å². The van der Waals surface area contributed by atoms with E-state index < -0.39 is 0 Å². The smallest absolute Gasteiger partial charge is 0.234 e. The number of hydrogen-bond donors (Lipinski definition) is 2. The standard InChI is InChI=1S/C12H12ClN3O2S2/c1-18-9-3-2-7(4-8(9)13)16-10(17)6-19-11-5-15-12(14)20-11/h2-5H,6H2,1H3,(H2,14,15)(H,16,17). The molecule has 0 saturated carbocycles. The van der Waals surface area contributed by atoms with Crippen molar-refractivity contribution in [2.45, 2.75) is 4.21 Å². The van der Waals surface area contributed by atoms with Gasteiger partial charge in [-0.25, -0.2) is 4.98 Å². The third kappa shape index (κ3) is 4.03. The first-order valence-corrected chi connectivity index (χ1v) is 7.74. The number of hydrogen-bond acceptors (Lipinski definition) is 6. The molecule has 0 atom stereocenters. The highest BCUT2D eigenvalue weighted by Gasteiger charge is 2.07. The molecule has 0 unspecified atom stereocenters. The van der Waals surface area contributed by atoms with Crippen LogP contribution in [0.25, 0.3) is 0 Å². The highest BCUT2D eigenvalue weighted by Crippen LogP contribution is 2.28. The summed E-state index contributed by atoms with van der Waals surface area (Å²) < 4.78 is 5.95. The number of ether oxygens (including phenoxy) is 1. The molecule has 1 aromatic heterocycles. The molecule has 1 heterocycles. The number of nitrogens with zero attached hydrogens (tertiary/aromatic N) is 1. The van der Waals surface area contributed by atoms with Crippen molar-refractivity contribution < 1.29 is 9.53 Å². The number of anilines is 2. The summed E-state index contributed by atoms with van der Waals surface area (Å²) in [4.78, 5) is 15.7. The van der Waals surface area contributed by atoms with E-state index in [0.717, 1.165) is 4.21 Å². The second-order valence-corrected chi connectivity index (χ2v) is 6.45. The maximum atomic E-state index is 11.8.